The van der Waals surface area contributed by atoms with Gasteiger partial charge in [0.1, 0.15) is 0 Å². The number of pyridine rings is 1. The number of nitrogens with one attached hydrogen (secondary N) is 1. The largest absolute Gasteiger partial charge is 0.275 e. The van der Waals surface area contributed by atoms with E-state index < -0.39 is 15.6 Å². The standard InChI is InChI=1S/C21H15BrN2O2S/c1-27(26,20-5-3-2-4-6-20)24-21(25)18-13-17(14-23-15-18)8-7-16-9-11-19(22)12-10-16/h2-6,9-15H,1H2,(H,24,25,26). The molecule has 0 aliphatic carbocycles. The van der Waals surface area contributed by atoms with Crippen LogP contribution < -0.4 is 4.72 Å². The van der Waals surface area contributed by atoms with Crippen LogP contribution in [0.4, 0.5) is 0 Å². The first kappa shape index (κ1) is 18.9. The van der Waals surface area contributed by atoms with Gasteiger partial charge in [-0.05, 0) is 48.3 Å². The lowest BCUT2D eigenvalue weighted by atomic mass is 10.2. The number of amides is 1. The predicted octanol–water partition coefficient (Wildman–Crippen LogP) is 3.66. The van der Waals surface area contributed by atoms with Crippen molar-refractivity contribution in [1.29, 1.82) is 0 Å². The minimum absolute atomic E-state index is 0.268. The highest BCUT2D eigenvalue weighted by molar-refractivity contribution is 9.10. The van der Waals surface area contributed by atoms with Gasteiger partial charge in [0.2, 0.25) is 0 Å². The molecule has 3 aromatic rings. The fourth-order valence-electron chi connectivity index (χ4n) is 2.22. The lowest BCUT2D eigenvalue weighted by Crippen LogP contribution is -2.30. The zero-order chi connectivity index (χ0) is 19.3. The Labute approximate surface area is 166 Å². The summed E-state index contributed by atoms with van der Waals surface area (Å²) in [6.45, 7) is 0. The summed E-state index contributed by atoms with van der Waals surface area (Å²) in [6.07, 6.45) is 2.97. The second-order valence-electron chi connectivity index (χ2n) is 5.64. The zero-order valence-corrected chi connectivity index (χ0v) is 16.6. The molecule has 0 aliphatic heterocycles. The Balaban J connectivity index is 1.79. The number of carbonyl (C=O) groups excluding carboxylic acids is 1. The van der Waals surface area contributed by atoms with Gasteiger partial charge >= 0.3 is 0 Å². The number of hydrogen-bond acceptors (Lipinski definition) is 3. The Morgan fingerprint density at radius 3 is 2.37 bits per heavy atom. The quantitative estimate of drug-likeness (QED) is 0.501. The number of carbonyl (C=O) groups is 1. The number of nitrogens with zero attached hydrogens (tertiary/aromatic N) is 1. The Morgan fingerprint density at radius 2 is 1.67 bits per heavy atom. The first-order valence-electron chi connectivity index (χ1n) is 7.91. The minimum atomic E-state index is -2.95. The first-order chi connectivity index (χ1) is 12.9. The van der Waals surface area contributed by atoms with Gasteiger partial charge in [-0.1, -0.05) is 46.0 Å². The van der Waals surface area contributed by atoms with Crippen LogP contribution in [0.3, 0.4) is 0 Å². The van der Waals surface area contributed by atoms with E-state index in [1.165, 1.54) is 6.20 Å². The van der Waals surface area contributed by atoms with Crippen LogP contribution in [0, 0.1) is 11.8 Å². The highest BCUT2D eigenvalue weighted by Gasteiger charge is 2.13. The highest BCUT2D eigenvalue weighted by atomic mass is 79.9. The van der Waals surface area contributed by atoms with Gasteiger partial charge < -0.3 is 0 Å². The molecule has 6 heteroatoms. The molecule has 2 aromatic carbocycles. The van der Waals surface area contributed by atoms with Gasteiger partial charge in [0.05, 0.1) is 15.3 Å². The van der Waals surface area contributed by atoms with E-state index in [2.05, 4.69) is 43.3 Å². The number of benzene rings is 2. The third kappa shape index (κ3) is 5.07. The van der Waals surface area contributed by atoms with Crippen molar-refractivity contribution >= 4 is 37.4 Å². The fraction of sp³-hybridized carbons (Fsp3) is 0. The molecule has 0 spiro atoms. The molecule has 134 valence electrons. The van der Waals surface area contributed by atoms with Crippen molar-refractivity contribution in [2.24, 2.45) is 0 Å². The maximum absolute atomic E-state index is 12.7. The summed E-state index contributed by atoms with van der Waals surface area (Å²) >= 11 is 3.38. The average molecular weight is 439 g/mol. The van der Waals surface area contributed by atoms with Crippen LogP contribution in [-0.4, -0.2) is 21.0 Å². The molecule has 1 amide bonds. The van der Waals surface area contributed by atoms with E-state index in [0.29, 0.717) is 10.5 Å². The predicted molar refractivity (Wildman–Crippen MR) is 112 cm³/mol. The van der Waals surface area contributed by atoms with Crippen LogP contribution in [0.5, 0.6) is 0 Å². The zero-order valence-electron chi connectivity index (χ0n) is 14.2. The monoisotopic (exact) mass is 438 g/mol. The topological polar surface area (TPSA) is 59.1 Å². The summed E-state index contributed by atoms with van der Waals surface area (Å²) in [4.78, 5) is 17.0. The number of hydrogen-bond donors (Lipinski definition) is 1. The Bertz CT molecular complexity index is 1130. The number of aromatic nitrogens is 1. The van der Waals surface area contributed by atoms with Gasteiger partial charge in [-0.3, -0.25) is 14.5 Å². The molecule has 4 nitrogen and oxygen atoms in total. The number of halogens is 1. The Morgan fingerprint density at radius 1 is 1.00 bits per heavy atom. The summed E-state index contributed by atoms with van der Waals surface area (Å²) < 4.78 is 16.2. The van der Waals surface area contributed by atoms with Gasteiger partial charge in [0, 0.05) is 32.9 Å². The van der Waals surface area contributed by atoms with Crippen molar-refractivity contribution in [2.45, 2.75) is 4.90 Å². The second kappa shape index (κ2) is 8.21. The van der Waals surface area contributed by atoms with Crippen LogP contribution in [0.2, 0.25) is 0 Å². The van der Waals surface area contributed by atoms with Crippen LogP contribution in [0.15, 0.2) is 82.4 Å². The van der Waals surface area contributed by atoms with E-state index in [9.17, 15) is 9.00 Å². The molecular weight excluding hydrogens is 424 g/mol. The lowest BCUT2D eigenvalue weighted by Gasteiger charge is -2.11. The summed E-state index contributed by atoms with van der Waals surface area (Å²) in [7, 11) is -2.95. The third-order valence-corrected chi connectivity index (χ3v) is 5.65. The van der Waals surface area contributed by atoms with Crippen LogP contribution >= 0.6 is 15.9 Å². The molecular formula is C21H15BrN2O2S. The molecule has 1 heterocycles. The summed E-state index contributed by atoms with van der Waals surface area (Å²) in [5, 5.41) is 0. The van der Waals surface area contributed by atoms with Crippen LogP contribution in [0.1, 0.15) is 21.5 Å². The average Bonchev–Trinajstić information content (AvgIpc) is 2.68. The normalized spacial score (nSPS) is 12.3. The van der Waals surface area contributed by atoms with Crippen molar-refractivity contribution in [3.63, 3.8) is 0 Å². The van der Waals surface area contributed by atoms with Gasteiger partial charge in [0.15, 0.2) is 0 Å². The van der Waals surface area contributed by atoms with Crippen molar-refractivity contribution in [3.8, 4) is 11.8 Å². The minimum Gasteiger partial charge on any atom is -0.275 e. The highest BCUT2D eigenvalue weighted by Crippen LogP contribution is 2.11. The van der Waals surface area contributed by atoms with E-state index in [-0.39, 0.29) is 5.56 Å². The van der Waals surface area contributed by atoms with E-state index in [4.69, 9.17) is 0 Å². The van der Waals surface area contributed by atoms with Crippen LogP contribution in [-0.2, 0) is 9.71 Å². The molecule has 1 N–H and O–H groups in total. The van der Waals surface area contributed by atoms with E-state index in [0.717, 1.165) is 10.0 Å². The molecule has 0 saturated carbocycles. The first-order valence-corrected chi connectivity index (χ1v) is 10.4. The summed E-state index contributed by atoms with van der Waals surface area (Å²) in [6, 6.07) is 17.8. The van der Waals surface area contributed by atoms with E-state index in [1.807, 2.05) is 24.3 Å². The molecule has 0 radical (unpaired) electrons. The SMILES string of the molecule is C=S(=O)(NC(=O)c1cncc(C#Cc2ccc(Br)cc2)c1)c1ccccc1. The molecule has 1 atom stereocenters. The van der Waals surface area contributed by atoms with E-state index >= 15 is 0 Å². The maximum atomic E-state index is 12.7. The molecule has 3 rings (SSSR count). The molecule has 27 heavy (non-hydrogen) atoms. The Kier molecular flexibility index (Phi) is 5.75. The number of rotatable bonds is 3. The van der Waals surface area contributed by atoms with Gasteiger partial charge in [-0.25, -0.2) is 4.21 Å². The molecule has 0 bridgehead atoms. The molecule has 0 aliphatic rings. The molecule has 0 saturated heterocycles. The lowest BCUT2D eigenvalue weighted by molar-refractivity contribution is 0.0982. The van der Waals surface area contributed by atoms with Crippen LogP contribution in [0.25, 0.3) is 0 Å². The third-order valence-electron chi connectivity index (χ3n) is 3.58. The molecule has 0 fully saturated rings. The second-order valence-corrected chi connectivity index (χ2v) is 8.58. The van der Waals surface area contributed by atoms with E-state index in [1.54, 1.807) is 42.6 Å². The Hall–Kier alpha value is -2.88. The maximum Gasteiger partial charge on any atom is 0.264 e. The molecule has 1 unspecified atom stereocenters. The summed E-state index contributed by atoms with van der Waals surface area (Å²) in [5.74, 6) is 9.13. The smallest absolute Gasteiger partial charge is 0.264 e. The van der Waals surface area contributed by atoms with Crippen molar-refractivity contribution < 1.29 is 9.00 Å². The van der Waals surface area contributed by atoms with Crippen molar-refractivity contribution in [2.75, 3.05) is 0 Å². The van der Waals surface area contributed by atoms with Crippen molar-refractivity contribution in [1.82, 2.24) is 9.71 Å². The summed E-state index contributed by atoms with van der Waals surface area (Å²) in [5.41, 5.74) is 1.70. The van der Waals surface area contributed by atoms with Gasteiger partial charge in [-0.15, -0.1) is 0 Å². The van der Waals surface area contributed by atoms with Crippen molar-refractivity contribution in [3.05, 3.63) is 94.2 Å². The van der Waals surface area contributed by atoms with Gasteiger partial charge in [0.25, 0.3) is 5.91 Å². The van der Waals surface area contributed by atoms with Gasteiger partial charge in [-0.2, -0.15) is 0 Å². The fourth-order valence-corrected chi connectivity index (χ4v) is 3.61. The molecule has 1 aromatic heterocycles.